The molecule has 53 heavy (non-hydrogen) atoms. The maximum absolute atomic E-state index is 13.1. The van der Waals surface area contributed by atoms with Crippen LogP contribution in [0.5, 0.6) is 0 Å². The molecule has 0 fully saturated rings. The maximum atomic E-state index is 13.1. The standard InChI is InChI=1S/C47H89NO5/c1-4-7-10-13-16-19-22-25-28-31-34-37-40-47(52)53-43(38-35-32-29-26-23-20-17-14-11-8-5-2)41-46(51)48-44(42-49)45(50)39-36-33-30-27-24-21-18-15-12-9-6-3/h26,29,35,38,43-45,49-50H,4-25,27-28,30-34,36-37,39-42H2,1-3H3,(H,48,51)/b29-26-,38-35+. The van der Waals surface area contributed by atoms with Crippen molar-refractivity contribution in [2.45, 2.75) is 257 Å². The summed E-state index contributed by atoms with van der Waals surface area (Å²) in [6.07, 6.45) is 45.5. The summed E-state index contributed by atoms with van der Waals surface area (Å²) in [5.41, 5.74) is 0. The number of allylic oxidation sites excluding steroid dienone is 3. The van der Waals surface area contributed by atoms with E-state index in [0.29, 0.717) is 12.8 Å². The summed E-state index contributed by atoms with van der Waals surface area (Å²) in [6.45, 7) is 6.42. The van der Waals surface area contributed by atoms with Gasteiger partial charge in [-0.15, -0.1) is 0 Å². The van der Waals surface area contributed by atoms with Gasteiger partial charge in [-0.3, -0.25) is 9.59 Å². The molecule has 0 bridgehead atoms. The predicted molar refractivity (Wildman–Crippen MR) is 227 cm³/mol. The average Bonchev–Trinajstić information content (AvgIpc) is 3.15. The molecule has 0 spiro atoms. The van der Waals surface area contributed by atoms with E-state index in [1.165, 1.54) is 148 Å². The van der Waals surface area contributed by atoms with Crippen molar-refractivity contribution in [3.63, 3.8) is 0 Å². The lowest BCUT2D eigenvalue weighted by Crippen LogP contribution is -2.46. The minimum atomic E-state index is -0.804. The third kappa shape index (κ3) is 37.1. The third-order valence-electron chi connectivity index (χ3n) is 10.5. The van der Waals surface area contributed by atoms with Crippen LogP contribution in [0.15, 0.2) is 24.3 Å². The van der Waals surface area contributed by atoms with Crippen LogP contribution in [0.3, 0.4) is 0 Å². The highest BCUT2D eigenvalue weighted by molar-refractivity contribution is 5.78. The maximum Gasteiger partial charge on any atom is 0.306 e. The summed E-state index contributed by atoms with van der Waals surface area (Å²) in [5, 5.41) is 23.6. The van der Waals surface area contributed by atoms with Crippen molar-refractivity contribution in [1.29, 1.82) is 0 Å². The molecule has 3 unspecified atom stereocenters. The normalized spacial score (nSPS) is 13.5. The Morgan fingerprint density at radius 2 is 1.00 bits per heavy atom. The van der Waals surface area contributed by atoms with Crippen molar-refractivity contribution in [2.75, 3.05) is 6.61 Å². The number of hydrogen-bond acceptors (Lipinski definition) is 5. The van der Waals surface area contributed by atoms with E-state index in [2.05, 4.69) is 38.2 Å². The van der Waals surface area contributed by atoms with Gasteiger partial charge < -0.3 is 20.3 Å². The molecule has 0 saturated heterocycles. The van der Waals surface area contributed by atoms with E-state index < -0.39 is 18.2 Å². The second-order valence-corrected chi connectivity index (χ2v) is 15.8. The lowest BCUT2D eigenvalue weighted by atomic mass is 10.0. The smallest absolute Gasteiger partial charge is 0.306 e. The number of aliphatic hydroxyl groups excluding tert-OH is 2. The molecule has 1 amide bonds. The Bertz CT molecular complexity index is 843. The molecule has 0 heterocycles. The highest BCUT2D eigenvalue weighted by atomic mass is 16.5. The number of carbonyl (C=O) groups is 2. The van der Waals surface area contributed by atoms with Gasteiger partial charge in [-0.25, -0.2) is 0 Å². The first-order valence-corrected chi connectivity index (χ1v) is 23.1. The van der Waals surface area contributed by atoms with Gasteiger partial charge in [-0.2, -0.15) is 0 Å². The van der Waals surface area contributed by atoms with Crippen LogP contribution in [-0.4, -0.2) is 46.9 Å². The van der Waals surface area contributed by atoms with Gasteiger partial charge in [-0.1, -0.05) is 212 Å². The Labute approximate surface area is 329 Å². The number of aliphatic hydroxyl groups is 2. The fourth-order valence-corrected chi connectivity index (χ4v) is 6.98. The minimum Gasteiger partial charge on any atom is -0.458 e. The third-order valence-corrected chi connectivity index (χ3v) is 10.5. The molecule has 312 valence electrons. The van der Waals surface area contributed by atoms with Gasteiger partial charge in [0.1, 0.15) is 6.10 Å². The van der Waals surface area contributed by atoms with Gasteiger partial charge >= 0.3 is 5.97 Å². The summed E-state index contributed by atoms with van der Waals surface area (Å²) in [5.74, 6) is -0.596. The van der Waals surface area contributed by atoms with Crippen LogP contribution in [0.4, 0.5) is 0 Å². The second-order valence-electron chi connectivity index (χ2n) is 15.8. The largest absolute Gasteiger partial charge is 0.458 e. The van der Waals surface area contributed by atoms with Gasteiger partial charge in [0.2, 0.25) is 5.91 Å². The summed E-state index contributed by atoms with van der Waals surface area (Å²) in [4.78, 5) is 25.9. The van der Waals surface area contributed by atoms with E-state index in [1.807, 2.05) is 12.2 Å². The Kier molecular flexibility index (Phi) is 40.2. The molecule has 3 atom stereocenters. The molecule has 0 saturated carbocycles. The van der Waals surface area contributed by atoms with Crippen LogP contribution in [0.2, 0.25) is 0 Å². The van der Waals surface area contributed by atoms with Crippen molar-refractivity contribution in [3.8, 4) is 0 Å². The zero-order chi connectivity index (χ0) is 38.9. The van der Waals surface area contributed by atoms with Crippen molar-refractivity contribution >= 4 is 11.9 Å². The molecule has 3 N–H and O–H groups in total. The van der Waals surface area contributed by atoms with Crippen molar-refractivity contribution in [2.24, 2.45) is 0 Å². The van der Waals surface area contributed by atoms with Gasteiger partial charge in [0.25, 0.3) is 0 Å². The van der Waals surface area contributed by atoms with E-state index in [0.717, 1.165) is 51.4 Å². The fraction of sp³-hybridized carbons (Fsp3) is 0.872. The van der Waals surface area contributed by atoms with Gasteiger partial charge in [-0.05, 0) is 38.2 Å². The quantitative estimate of drug-likeness (QED) is 0.0329. The lowest BCUT2D eigenvalue weighted by Gasteiger charge is -2.23. The number of amides is 1. The molecule has 0 aromatic heterocycles. The average molecular weight is 748 g/mol. The highest BCUT2D eigenvalue weighted by Crippen LogP contribution is 2.16. The number of unbranched alkanes of at least 4 members (excludes halogenated alkanes) is 27. The van der Waals surface area contributed by atoms with E-state index in [9.17, 15) is 19.8 Å². The lowest BCUT2D eigenvalue weighted by molar-refractivity contribution is -0.148. The van der Waals surface area contributed by atoms with Crippen LogP contribution in [0.1, 0.15) is 239 Å². The molecule has 0 aromatic rings. The molecular weight excluding hydrogens is 659 g/mol. The molecule has 0 rings (SSSR count). The van der Waals surface area contributed by atoms with E-state index in [1.54, 1.807) is 0 Å². The second kappa shape index (κ2) is 41.5. The molecule has 6 nitrogen and oxygen atoms in total. The number of nitrogens with one attached hydrogen (secondary N) is 1. The first kappa shape index (κ1) is 51.3. The molecule has 0 aliphatic heterocycles. The molecular formula is C47H89NO5. The zero-order valence-corrected chi connectivity index (χ0v) is 35.4. The van der Waals surface area contributed by atoms with Crippen LogP contribution in [0.25, 0.3) is 0 Å². The summed E-state index contributed by atoms with van der Waals surface area (Å²) in [6, 6.07) is -0.725. The van der Waals surface area contributed by atoms with Crippen LogP contribution < -0.4 is 5.32 Å². The van der Waals surface area contributed by atoms with Crippen molar-refractivity contribution in [1.82, 2.24) is 5.32 Å². The number of carbonyl (C=O) groups excluding carboxylic acids is 2. The summed E-state index contributed by atoms with van der Waals surface area (Å²) >= 11 is 0. The highest BCUT2D eigenvalue weighted by Gasteiger charge is 2.23. The van der Waals surface area contributed by atoms with E-state index >= 15 is 0 Å². The summed E-state index contributed by atoms with van der Waals surface area (Å²) in [7, 11) is 0. The predicted octanol–water partition coefficient (Wildman–Crippen LogP) is 13.2. The Hall–Kier alpha value is -1.66. The number of esters is 1. The first-order valence-electron chi connectivity index (χ1n) is 23.1. The SMILES string of the molecule is CCCCCCCC/C=C\C/C=C/C(CC(=O)NC(CO)C(O)CCCCCCCCCCCCC)OC(=O)CCCCCCCCCCCCCC. The molecule has 0 radical (unpaired) electrons. The van der Waals surface area contributed by atoms with Crippen molar-refractivity contribution < 1.29 is 24.5 Å². The topological polar surface area (TPSA) is 95.9 Å². The van der Waals surface area contributed by atoms with Crippen molar-refractivity contribution in [3.05, 3.63) is 24.3 Å². The molecule has 0 aliphatic rings. The Balaban J connectivity index is 4.65. The molecule has 6 heteroatoms. The number of rotatable bonds is 41. The minimum absolute atomic E-state index is 0.0240. The number of ether oxygens (including phenoxy) is 1. The van der Waals surface area contributed by atoms with Gasteiger partial charge in [0.05, 0.1) is 25.2 Å². The van der Waals surface area contributed by atoms with E-state index in [4.69, 9.17) is 4.74 Å². The monoisotopic (exact) mass is 748 g/mol. The zero-order valence-electron chi connectivity index (χ0n) is 35.4. The van der Waals surface area contributed by atoms with Gasteiger partial charge in [0, 0.05) is 6.42 Å². The van der Waals surface area contributed by atoms with Gasteiger partial charge in [0.15, 0.2) is 0 Å². The molecule has 0 aliphatic carbocycles. The van der Waals surface area contributed by atoms with Crippen LogP contribution in [-0.2, 0) is 14.3 Å². The number of hydrogen-bond donors (Lipinski definition) is 3. The Morgan fingerprint density at radius 1 is 0.566 bits per heavy atom. The first-order chi connectivity index (χ1) is 26.0. The van der Waals surface area contributed by atoms with E-state index in [-0.39, 0.29) is 24.9 Å². The fourth-order valence-electron chi connectivity index (χ4n) is 6.98. The molecule has 0 aromatic carbocycles. The van der Waals surface area contributed by atoms with Crippen LogP contribution in [0, 0.1) is 0 Å². The summed E-state index contributed by atoms with van der Waals surface area (Å²) < 4.78 is 5.80. The Morgan fingerprint density at radius 3 is 1.47 bits per heavy atom. The van der Waals surface area contributed by atoms with Crippen LogP contribution >= 0.6 is 0 Å².